The zero-order valence-corrected chi connectivity index (χ0v) is 13.9. The number of carbonyl (C=O) groups excluding carboxylic acids is 1. The predicted molar refractivity (Wildman–Crippen MR) is 88.5 cm³/mol. The molecular formula is C16H21N3O2S. The first kappa shape index (κ1) is 16.5. The maximum Gasteiger partial charge on any atom is 0.252 e. The molecule has 2 heterocycles. The minimum absolute atomic E-state index is 0.126. The van der Waals surface area contributed by atoms with Gasteiger partial charge in [-0.3, -0.25) is 4.79 Å². The molecule has 0 aromatic carbocycles. The number of pyridine rings is 1. The van der Waals surface area contributed by atoms with E-state index in [1.165, 1.54) is 11.1 Å². The van der Waals surface area contributed by atoms with Gasteiger partial charge in [0.25, 0.3) is 5.91 Å². The summed E-state index contributed by atoms with van der Waals surface area (Å²) in [4.78, 5) is 19.6. The van der Waals surface area contributed by atoms with Gasteiger partial charge in [-0.05, 0) is 38.5 Å². The molecule has 1 amide bonds. The summed E-state index contributed by atoms with van der Waals surface area (Å²) in [5.41, 5.74) is 0.534. The monoisotopic (exact) mass is 319 g/mol. The third-order valence-corrected chi connectivity index (χ3v) is 4.22. The summed E-state index contributed by atoms with van der Waals surface area (Å²) in [6.45, 7) is 3.01. The second kappa shape index (κ2) is 7.91. The Bertz CT molecular complexity index is 582. The van der Waals surface area contributed by atoms with E-state index in [1.54, 1.807) is 23.5 Å². The molecule has 118 valence electrons. The largest absolute Gasteiger partial charge is 0.478 e. The molecular weight excluding hydrogens is 298 g/mol. The van der Waals surface area contributed by atoms with Crippen LogP contribution in [0.25, 0.3) is 0 Å². The molecule has 2 aromatic heterocycles. The Kier molecular flexibility index (Phi) is 5.91. The standard InChI is InChI=1S/C16H21N3O2S/c1-4-21-15-8-7-12(10-17-15)16(20)18-11-13(19(2)3)14-6-5-9-22-14/h5-10,13H,4,11H2,1-3H3,(H,18,20)/t13-/m0/s1. The van der Waals surface area contributed by atoms with Gasteiger partial charge in [0.1, 0.15) is 0 Å². The fraction of sp³-hybridized carbons (Fsp3) is 0.375. The van der Waals surface area contributed by atoms with Gasteiger partial charge in [-0.15, -0.1) is 11.3 Å². The van der Waals surface area contributed by atoms with Crippen LogP contribution in [0.15, 0.2) is 35.8 Å². The average molecular weight is 319 g/mol. The molecule has 22 heavy (non-hydrogen) atoms. The Morgan fingerprint density at radius 1 is 1.41 bits per heavy atom. The van der Waals surface area contributed by atoms with Crippen LogP contribution in [0.4, 0.5) is 0 Å². The summed E-state index contributed by atoms with van der Waals surface area (Å²) in [6, 6.07) is 7.71. The number of carbonyl (C=O) groups is 1. The molecule has 0 saturated heterocycles. The third-order valence-electron chi connectivity index (χ3n) is 3.24. The Labute approximate surface area is 134 Å². The number of hydrogen-bond acceptors (Lipinski definition) is 5. The number of aromatic nitrogens is 1. The summed E-state index contributed by atoms with van der Waals surface area (Å²) >= 11 is 1.69. The molecule has 0 saturated carbocycles. The Balaban J connectivity index is 1.96. The third kappa shape index (κ3) is 4.29. The van der Waals surface area contributed by atoms with Crippen molar-refractivity contribution in [1.82, 2.24) is 15.2 Å². The number of nitrogens with one attached hydrogen (secondary N) is 1. The van der Waals surface area contributed by atoms with Gasteiger partial charge >= 0.3 is 0 Å². The van der Waals surface area contributed by atoms with Gasteiger partial charge in [0, 0.05) is 23.7 Å². The molecule has 0 aliphatic heterocycles. The van der Waals surface area contributed by atoms with Gasteiger partial charge in [-0.2, -0.15) is 0 Å². The summed E-state index contributed by atoms with van der Waals surface area (Å²) in [6.07, 6.45) is 1.54. The molecule has 6 heteroatoms. The highest BCUT2D eigenvalue weighted by Gasteiger charge is 2.16. The summed E-state index contributed by atoms with van der Waals surface area (Å²) < 4.78 is 5.27. The first-order valence-corrected chi connectivity index (χ1v) is 8.06. The lowest BCUT2D eigenvalue weighted by Crippen LogP contribution is -2.34. The first-order chi connectivity index (χ1) is 10.6. The summed E-state index contributed by atoms with van der Waals surface area (Å²) in [7, 11) is 4.02. The van der Waals surface area contributed by atoms with Crippen molar-refractivity contribution in [1.29, 1.82) is 0 Å². The molecule has 0 unspecified atom stereocenters. The van der Waals surface area contributed by atoms with Crippen molar-refractivity contribution in [2.75, 3.05) is 27.2 Å². The molecule has 2 aromatic rings. The normalized spacial score (nSPS) is 12.2. The molecule has 5 nitrogen and oxygen atoms in total. The van der Waals surface area contributed by atoms with E-state index < -0.39 is 0 Å². The van der Waals surface area contributed by atoms with Gasteiger partial charge in [-0.25, -0.2) is 4.98 Å². The van der Waals surface area contributed by atoms with E-state index in [9.17, 15) is 4.79 Å². The van der Waals surface area contributed by atoms with Crippen molar-refractivity contribution < 1.29 is 9.53 Å². The Morgan fingerprint density at radius 2 is 2.23 bits per heavy atom. The van der Waals surface area contributed by atoms with Crippen molar-refractivity contribution in [3.05, 3.63) is 46.3 Å². The van der Waals surface area contributed by atoms with Crippen LogP contribution in [0.1, 0.15) is 28.2 Å². The number of amides is 1. The van der Waals surface area contributed by atoms with E-state index in [0.29, 0.717) is 24.6 Å². The number of thiophene rings is 1. The SMILES string of the molecule is CCOc1ccc(C(=O)NC[C@@H](c2cccs2)N(C)C)cn1. The van der Waals surface area contributed by atoms with Crippen LogP contribution in [-0.2, 0) is 0 Å². The smallest absolute Gasteiger partial charge is 0.252 e. The van der Waals surface area contributed by atoms with Crippen LogP contribution in [0, 0.1) is 0 Å². The van der Waals surface area contributed by atoms with Crippen molar-refractivity contribution in [3.8, 4) is 5.88 Å². The lowest BCUT2D eigenvalue weighted by molar-refractivity contribution is 0.0942. The van der Waals surface area contributed by atoms with E-state index in [0.717, 1.165) is 0 Å². The average Bonchev–Trinajstić information content (AvgIpc) is 3.02. The molecule has 1 N–H and O–H groups in total. The van der Waals surface area contributed by atoms with Crippen LogP contribution in [0.3, 0.4) is 0 Å². The molecule has 0 bridgehead atoms. The van der Waals surface area contributed by atoms with Gasteiger partial charge < -0.3 is 15.0 Å². The number of nitrogens with zero attached hydrogens (tertiary/aromatic N) is 2. The highest BCUT2D eigenvalue weighted by Crippen LogP contribution is 2.22. The van der Waals surface area contributed by atoms with Crippen LogP contribution in [-0.4, -0.2) is 43.0 Å². The Morgan fingerprint density at radius 3 is 2.77 bits per heavy atom. The molecule has 1 atom stereocenters. The first-order valence-electron chi connectivity index (χ1n) is 7.18. The molecule has 2 rings (SSSR count). The number of likely N-dealkylation sites (N-methyl/N-ethyl adjacent to an activating group) is 1. The second-order valence-corrected chi connectivity index (χ2v) is 6.00. The highest BCUT2D eigenvalue weighted by atomic mass is 32.1. The van der Waals surface area contributed by atoms with Crippen molar-refractivity contribution in [2.45, 2.75) is 13.0 Å². The van der Waals surface area contributed by atoms with Crippen LogP contribution in [0.2, 0.25) is 0 Å². The van der Waals surface area contributed by atoms with Crippen LogP contribution in [0.5, 0.6) is 5.88 Å². The molecule has 0 radical (unpaired) electrons. The van der Waals surface area contributed by atoms with Gasteiger partial charge in [-0.1, -0.05) is 6.07 Å². The fourth-order valence-electron chi connectivity index (χ4n) is 2.06. The molecule has 0 aliphatic rings. The summed E-state index contributed by atoms with van der Waals surface area (Å²) in [5.74, 6) is 0.405. The minimum atomic E-state index is -0.126. The fourth-order valence-corrected chi connectivity index (χ4v) is 2.98. The van der Waals surface area contributed by atoms with E-state index in [-0.39, 0.29) is 11.9 Å². The highest BCUT2D eigenvalue weighted by molar-refractivity contribution is 7.10. The van der Waals surface area contributed by atoms with Crippen LogP contribution < -0.4 is 10.1 Å². The number of hydrogen-bond donors (Lipinski definition) is 1. The molecule has 0 spiro atoms. The van der Waals surface area contributed by atoms with Crippen molar-refractivity contribution >= 4 is 17.2 Å². The summed E-state index contributed by atoms with van der Waals surface area (Å²) in [5, 5.41) is 5.01. The van der Waals surface area contributed by atoms with Gasteiger partial charge in [0.05, 0.1) is 18.2 Å². The van der Waals surface area contributed by atoms with E-state index in [2.05, 4.69) is 21.3 Å². The van der Waals surface area contributed by atoms with Crippen molar-refractivity contribution in [3.63, 3.8) is 0 Å². The maximum absolute atomic E-state index is 12.2. The van der Waals surface area contributed by atoms with Crippen molar-refractivity contribution in [2.24, 2.45) is 0 Å². The van der Waals surface area contributed by atoms with Crippen LogP contribution >= 0.6 is 11.3 Å². The lowest BCUT2D eigenvalue weighted by Gasteiger charge is -2.23. The topological polar surface area (TPSA) is 54.5 Å². The van der Waals surface area contributed by atoms with Gasteiger partial charge in [0.2, 0.25) is 5.88 Å². The van der Waals surface area contributed by atoms with Gasteiger partial charge in [0.15, 0.2) is 0 Å². The Hall–Kier alpha value is -1.92. The number of rotatable bonds is 7. The molecule has 0 aliphatic carbocycles. The zero-order chi connectivity index (χ0) is 15.9. The zero-order valence-electron chi connectivity index (χ0n) is 13.1. The molecule has 0 fully saturated rings. The van der Waals surface area contributed by atoms with E-state index in [4.69, 9.17) is 4.74 Å². The second-order valence-electron chi connectivity index (χ2n) is 5.02. The minimum Gasteiger partial charge on any atom is -0.478 e. The van der Waals surface area contributed by atoms with E-state index in [1.807, 2.05) is 32.5 Å². The number of ether oxygens (including phenoxy) is 1. The lowest BCUT2D eigenvalue weighted by atomic mass is 10.2. The van der Waals surface area contributed by atoms with E-state index >= 15 is 0 Å². The predicted octanol–water partition coefficient (Wildman–Crippen LogP) is 2.57. The quantitative estimate of drug-likeness (QED) is 0.852. The maximum atomic E-state index is 12.2.